The van der Waals surface area contributed by atoms with E-state index in [2.05, 4.69) is 12.2 Å². The fourth-order valence-corrected chi connectivity index (χ4v) is 4.44. The van der Waals surface area contributed by atoms with Crippen molar-refractivity contribution in [2.45, 2.75) is 37.3 Å². The summed E-state index contributed by atoms with van der Waals surface area (Å²) in [6.45, 7) is 0.438. The molecule has 4 nitrogen and oxygen atoms in total. The van der Waals surface area contributed by atoms with E-state index in [4.69, 9.17) is 4.74 Å². The summed E-state index contributed by atoms with van der Waals surface area (Å²) in [6.07, 6.45) is 6.44. The number of hydrogen-bond acceptors (Lipinski definition) is 3. The second kappa shape index (κ2) is 7.03. The number of ketones is 1. The van der Waals surface area contributed by atoms with E-state index in [9.17, 15) is 9.59 Å². The zero-order valence-electron chi connectivity index (χ0n) is 15.4. The molecular formula is C23H23NO3. The first-order valence-electron chi connectivity index (χ1n) is 9.35. The lowest BCUT2D eigenvalue weighted by atomic mass is 9.70. The Balaban J connectivity index is 1.73. The van der Waals surface area contributed by atoms with Crippen LogP contribution in [0.3, 0.4) is 0 Å². The highest BCUT2D eigenvalue weighted by Gasteiger charge is 2.58. The molecule has 1 amide bonds. The standard InChI is InChI=1S/C23H23NO3/c1-27-19-13-11-17(12-14-19)16-24-20-10-6-3-7-15-23(20,21(25)22(24)26)18-8-4-2-5-9-18/h2-5,7-9,11-14,20H,6,10,15-16H2,1H3/t20?,23-/m1/s1. The molecule has 1 heterocycles. The lowest BCUT2D eigenvalue weighted by molar-refractivity contribution is -0.141. The van der Waals surface area contributed by atoms with Crippen LogP contribution in [0.5, 0.6) is 5.75 Å². The van der Waals surface area contributed by atoms with Crippen LogP contribution in [0.1, 0.15) is 30.4 Å². The highest BCUT2D eigenvalue weighted by Crippen LogP contribution is 2.45. The summed E-state index contributed by atoms with van der Waals surface area (Å²) in [5, 5.41) is 0. The number of amides is 1. The Morgan fingerprint density at radius 2 is 1.78 bits per heavy atom. The fourth-order valence-electron chi connectivity index (χ4n) is 4.44. The zero-order chi connectivity index (χ0) is 18.9. The number of ether oxygens (including phenoxy) is 1. The topological polar surface area (TPSA) is 46.6 Å². The highest BCUT2D eigenvalue weighted by molar-refractivity contribution is 6.42. The van der Waals surface area contributed by atoms with Crippen molar-refractivity contribution in [2.24, 2.45) is 0 Å². The molecule has 2 atom stereocenters. The minimum absolute atomic E-state index is 0.128. The van der Waals surface area contributed by atoms with Gasteiger partial charge in [0.25, 0.3) is 5.91 Å². The molecule has 1 aliphatic carbocycles. The molecule has 1 fully saturated rings. The molecule has 1 saturated heterocycles. The molecule has 0 aromatic heterocycles. The summed E-state index contributed by atoms with van der Waals surface area (Å²) in [5.74, 6) is 0.133. The van der Waals surface area contributed by atoms with Crippen LogP contribution in [0, 0.1) is 0 Å². The van der Waals surface area contributed by atoms with E-state index in [1.807, 2.05) is 54.6 Å². The normalized spacial score (nSPS) is 24.6. The Morgan fingerprint density at radius 1 is 1.04 bits per heavy atom. The molecule has 0 N–H and O–H groups in total. The van der Waals surface area contributed by atoms with Gasteiger partial charge in [-0.05, 0) is 42.5 Å². The summed E-state index contributed by atoms with van der Waals surface area (Å²) in [7, 11) is 1.63. The van der Waals surface area contributed by atoms with Crippen molar-refractivity contribution in [2.75, 3.05) is 7.11 Å². The molecule has 4 rings (SSSR count). The summed E-state index contributed by atoms with van der Waals surface area (Å²) in [4.78, 5) is 28.1. The van der Waals surface area contributed by atoms with Crippen LogP contribution in [-0.2, 0) is 21.5 Å². The van der Waals surface area contributed by atoms with Crippen molar-refractivity contribution in [3.8, 4) is 5.75 Å². The smallest absolute Gasteiger partial charge is 0.291 e. The third-order valence-corrected chi connectivity index (χ3v) is 5.82. The Labute approximate surface area is 159 Å². The number of benzene rings is 2. The van der Waals surface area contributed by atoms with Crippen LogP contribution in [0.4, 0.5) is 0 Å². The van der Waals surface area contributed by atoms with Gasteiger partial charge in [-0.15, -0.1) is 0 Å². The number of allylic oxidation sites excluding steroid dienone is 2. The number of carbonyl (C=O) groups is 2. The molecular weight excluding hydrogens is 338 g/mol. The summed E-state index contributed by atoms with van der Waals surface area (Å²) < 4.78 is 5.21. The second-order valence-electron chi connectivity index (χ2n) is 7.22. The van der Waals surface area contributed by atoms with Gasteiger partial charge in [0.05, 0.1) is 18.6 Å². The lowest BCUT2D eigenvalue weighted by Gasteiger charge is -2.35. The van der Waals surface area contributed by atoms with Crippen LogP contribution in [0.15, 0.2) is 66.7 Å². The van der Waals surface area contributed by atoms with Gasteiger partial charge in [0.15, 0.2) is 0 Å². The lowest BCUT2D eigenvalue weighted by Crippen LogP contribution is -2.44. The maximum absolute atomic E-state index is 13.3. The third-order valence-electron chi connectivity index (χ3n) is 5.82. The quantitative estimate of drug-likeness (QED) is 0.617. The highest BCUT2D eigenvalue weighted by atomic mass is 16.5. The number of likely N-dealkylation sites (tertiary alicyclic amines) is 1. The molecule has 0 radical (unpaired) electrons. The molecule has 138 valence electrons. The van der Waals surface area contributed by atoms with Crippen molar-refractivity contribution in [1.29, 1.82) is 0 Å². The van der Waals surface area contributed by atoms with Crippen molar-refractivity contribution in [3.63, 3.8) is 0 Å². The Bertz CT molecular complexity index is 872. The maximum Gasteiger partial charge on any atom is 0.291 e. The number of Topliss-reactive ketones (excluding diaryl/α,β-unsaturated/α-hetero) is 1. The van der Waals surface area contributed by atoms with Crippen LogP contribution in [0.2, 0.25) is 0 Å². The van der Waals surface area contributed by atoms with E-state index < -0.39 is 5.41 Å². The van der Waals surface area contributed by atoms with Gasteiger partial charge in [0.1, 0.15) is 5.75 Å². The Kier molecular flexibility index (Phi) is 4.56. The second-order valence-corrected chi connectivity index (χ2v) is 7.22. The van der Waals surface area contributed by atoms with Gasteiger partial charge in [-0.1, -0.05) is 54.6 Å². The number of hydrogen-bond donors (Lipinski definition) is 0. The van der Waals surface area contributed by atoms with Gasteiger partial charge < -0.3 is 9.64 Å². The number of fused-ring (bicyclic) bond motifs is 1. The minimum atomic E-state index is -0.780. The van der Waals surface area contributed by atoms with E-state index in [1.165, 1.54) is 0 Å². The minimum Gasteiger partial charge on any atom is -0.497 e. The molecule has 4 heteroatoms. The molecule has 0 bridgehead atoms. The first kappa shape index (κ1) is 17.5. The average Bonchev–Trinajstić information content (AvgIpc) is 2.88. The molecule has 0 spiro atoms. The molecule has 2 aromatic carbocycles. The largest absolute Gasteiger partial charge is 0.497 e. The van der Waals surface area contributed by atoms with E-state index in [0.29, 0.717) is 13.0 Å². The van der Waals surface area contributed by atoms with Crippen molar-refractivity contribution in [1.82, 2.24) is 4.90 Å². The number of rotatable bonds is 4. The average molecular weight is 361 g/mol. The third kappa shape index (κ3) is 2.85. The van der Waals surface area contributed by atoms with Crippen molar-refractivity contribution >= 4 is 11.7 Å². The number of carbonyl (C=O) groups excluding carboxylic acids is 2. The van der Waals surface area contributed by atoms with E-state index in [0.717, 1.165) is 29.7 Å². The first-order valence-corrected chi connectivity index (χ1v) is 9.35. The van der Waals surface area contributed by atoms with E-state index in [-0.39, 0.29) is 17.7 Å². The number of methoxy groups -OCH3 is 1. The zero-order valence-corrected chi connectivity index (χ0v) is 15.4. The van der Waals surface area contributed by atoms with Gasteiger partial charge in [-0.2, -0.15) is 0 Å². The number of nitrogens with zero attached hydrogens (tertiary/aromatic N) is 1. The molecule has 2 aromatic rings. The van der Waals surface area contributed by atoms with Crippen LogP contribution < -0.4 is 4.74 Å². The summed E-state index contributed by atoms with van der Waals surface area (Å²) in [5.41, 5.74) is 1.16. The fraction of sp³-hybridized carbons (Fsp3) is 0.304. The maximum atomic E-state index is 13.3. The molecule has 1 unspecified atom stereocenters. The molecule has 1 aliphatic heterocycles. The van der Waals surface area contributed by atoms with Gasteiger partial charge in [-0.3, -0.25) is 9.59 Å². The van der Waals surface area contributed by atoms with Gasteiger partial charge in [0.2, 0.25) is 5.78 Å². The van der Waals surface area contributed by atoms with Crippen molar-refractivity contribution < 1.29 is 14.3 Å². The van der Waals surface area contributed by atoms with E-state index in [1.54, 1.807) is 12.0 Å². The monoisotopic (exact) mass is 361 g/mol. The molecule has 2 aliphatic rings. The SMILES string of the molecule is COc1ccc(CN2C(=O)C(=O)[C@@]3(c4ccccc4)CC=CCCC23)cc1. The van der Waals surface area contributed by atoms with Crippen LogP contribution in [0.25, 0.3) is 0 Å². The Morgan fingerprint density at radius 3 is 2.48 bits per heavy atom. The van der Waals surface area contributed by atoms with Gasteiger partial charge >= 0.3 is 0 Å². The Hall–Kier alpha value is -2.88. The van der Waals surface area contributed by atoms with Gasteiger partial charge in [-0.25, -0.2) is 0 Å². The predicted octanol–water partition coefficient (Wildman–Crippen LogP) is 3.65. The molecule has 27 heavy (non-hydrogen) atoms. The molecule has 0 saturated carbocycles. The van der Waals surface area contributed by atoms with Crippen LogP contribution >= 0.6 is 0 Å². The summed E-state index contributed by atoms with van der Waals surface area (Å²) in [6, 6.07) is 17.3. The van der Waals surface area contributed by atoms with Crippen molar-refractivity contribution in [3.05, 3.63) is 77.9 Å². The first-order chi connectivity index (χ1) is 13.2. The van der Waals surface area contributed by atoms with E-state index >= 15 is 0 Å². The predicted molar refractivity (Wildman–Crippen MR) is 103 cm³/mol. The van der Waals surface area contributed by atoms with Crippen LogP contribution in [-0.4, -0.2) is 29.7 Å². The van der Waals surface area contributed by atoms with Gasteiger partial charge in [0, 0.05) is 6.54 Å². The summed E-state index contributed by atoms with van der Waals surface area (Å²) >= 11 is 0.